The van der Waals surface area contributed by atoms with E-state index in [2.05, 4.69) is 30.7 Å². The Labute approximate surface area is 89.4 Å². The van der Waals surface area contributed by atoms with E-state index in [1.54, 1.807) is 0 Å². The van der Waals surface area contributed by atoms with Gasteiger partial charge >= 0.3 is 0 Å². The lowest BCUT2D eigenvalue weighted by Gasteiger charge is -2.20. The van der Waals surface area contributed by atoms with Gasteiger partial charge in [-0.1, -0.05) is 26.0 Å². The summed E-state index contributed by atoms with van der Waals surface area (Å²) in [7, 11) is 0. The second-order valence-corrected chi connectivity index (χ2v) is 4.34. The molecule has 0 amide bonds. The number of nitrogen functional groups attached to an aromatic ring is 1. The summed E-state index contributed by atoms with van der Waals surface area (Å²) in [4.78, 5) is 8.25. The van der Waals surface area contributed by atoms with Gasteiger partial charge in [-0.05, 0) is 24.0 Å². The van der Waals surface area contributed by atoms with E-state index < -0.39 is 0 Å². The molecule has 0 aliphatic rings. The molecule has 0 spiro atoms. The van der Waals surface area contributed by atoms with Crippen LogP contribution in [-0.2, 0) is 5.41 Å². The molecule has 2 rings (SSSR count). The summed E-state index contributed by atoms with van der Waals surface area (Å²) < 4.78 is 0. The molecule has 1 aromatic heterocycles. The molecule has 0 bridgehead atoms. The van der Waals surface area contributed by atoms with Crippen LogP contribution >= 0.6 is 0 Å². The van der Waals surface area contributed by atoms with Crippen LogP contribution in [0.25, 0.3) is 10.9 Å². The van der Waals surface area contributed by atoms with Crippen LogP contribution in [0.5, 0.6) is 0 Å². The molecule has 0 saturated carbocycles. The highest BCUT2D eigenvalue weighted by Gasteiger charge is 2.18. The Hall–Kier alpha value is -1.64. The van der Waals surface area contributed by atoms with E-state index in [-0.39, 0.29) is 5.41 Å². The maximum Gasteiger partial charge on any atom is 0.134 e. The highest BCUT2D eigenvalue weighted by molar-refractivity contribution is 5.90. The molecule has 3 heteroatoms. The molecular weight excluding hydrogens is 186 g/mol. The van der Waals surface area contributed by atoms with Crippen molar-refractivity contribution in [2.45, 2.75) is 19.3 Å². The van der Waals surface area contributed by atoms with E-state index in [0.29, 0.717) is 5.82 Å². The van der Waals surface area contributed by atoms with Crippen molar-refractivity contribution in [1.29, 1.82) is 0 Å². The van der Waals surface area contributed by atoms with Crippen LogP contribution in [0.3, 0.4) is 0 Å². The molecule has 0 aliphatic heterocycles. The van der Waals surface area contributed by atoms with Gasteiger partial charge in [0.1, 0.15) is 12.1 Å². The smallest absolute Gasteiger partial charge is 0.134 e. The van der Waals surface area contributed by atoms with E-state index >= 15 is 0 Å². The number of fused-ring (bicyclic) bond motifs is 1. The van der Waals surface area contributed by atoms with Crippen LogP contribution < -0.4 is 5.73 Å². The van der Waals surface area contributed by atoms with Gasteiger partial charge in [-0.25, -0.2) is 9.97 Å². The predicted octanol–water partition coefficient (Wildman–Crippen LogP) is 2.32. The summed E-state index contributed by atoms with van der Waals surface area (Å²) in [5.74, 6) is 0.520. The van der Waals surface area contributed by atoms with Crippen LogP contribution in [0.1, 0.15) is 19.4 Å². The van der Waals surface area contributed by atoms with E-state index in [9.17, 15) is 0 Å². The van der Waals surface area contributed by atoms with Crippen molar-refractivity contribution in [1.82, 2.24) is 9.97 Å². The minimum Gasteiger partial charge on any atom is -0.383 e. The van der Waals surface area contributed by atoms with Crippen molar-refractivity contribution < 1.29 is 0 Å². The fourth-order valence-corrected chi connectivity index (χ4v) is 1.65. The van der Waals surface area contributed by atoms with Gasteiger partial charge in [0, 0.05) is 5.39 Å². The van der Waals surface area contributed by atoms with Crippen LogP contribution in [0.2, 0.25) is 0 Å². The molecule has 77 valence electrons. The highest BCUT2D eigenvalue weighted by atomic mass is 14.9. The summed E-state index contributed by atoms with van der Waals surface area (Å²) in [5.41, 5.74) is 7.60. The summed E-state index contributed by atoms with van der Waals surface area (Å²) in [6.45, 7) is 8.23. The number of benzene rings is 1. The molecule has 0 fully saturated rings. The maximum atomic E-state index is 5.80. The monoisotopic (exact) mass is 200 g/mol. The number of hydrogen-bond acceptors (Lipinski definition) is 3. The maximum absolute atomic E-state index is 5.80. The highest BCUT2D eigenvalue weighted by Crippen LogP contribution is 2.29. The summed E-state index contributed by atoms with van der Waals surface area (Å²) in [5, 5.41) is 0.895. The molecule has 2 N–H and O–H groups in total. The van der Waals surface area contributed by atoms with Crippen molar-refractivity contribution >= 4 is 16.7 Å². The Kier molecular flexibility index (Phi) is 2.11. The molecule has 1 radical (unpaired) electrons. The van der Waals surface area contributed by atoms with Gasteiger partial charge in [0.25, 0.3) is 0 Å². The van der Waals surface area contributed by atoms with Gasteiger partial charge in [-0.3, -0.25) is 0 Å². The number of nitrogens with two attached hydrogens (primary N) is 1. The van der Waals surface area contributed by atoms with Crippen molar-refractivity contribution in [2.75, 3.05) is 5.73 Å². The lowest BCUT2D eigenvalue weighted by molar-refractivity contribution is 0.670. The Balaban J connectivity index is 2.83. The zero-order valence-electron chi connectivity index (χ0n) is 8.99. The first-order chi connectivity index (χ1) is 7.00. The van der Waals surface area contributed by atoms with Gasteiger partial charge in [0.2, 0.25) is 0 Å². The molecule has 2 aromatic rings. The molecule has 0 unspecified atom stereocenters. The molecular formula is C12H14N3. The third kappa shape index (κ3) is 1.65. The average Bonchev–Trinajstić information content (AvgIpc) is 2.16. The van der Waals surface area contributed by atoms with E-state index in [4.69, 9.17) is 5.73 Å². The third-order valence-electron chi connectivity index (χ3n) is 2.42. The van der Waals surface area contributed by atoms with Gasteiger partial charge in [0.05, 0.1) is 5.52 Å². The molecule has 1 heterocycles. The Morgan fingerprint density at radius 1 is 1.27 bits per heavy atom. The van der Waals surface area contributed by atoms with Crippen molar-refractivity contribution in [3.8, 4) is 0 Å². The molecule has 3 nitrogen and oxygen atoms in total. The topological polar surface area (TPSA) is 51.8 Å². The Bertz CT molecular complexity index is 498. The Morgan fingerprint density at radius 2 is 2.00 bits per heavy atom. The van der Waals surface area contributed by atoms with Crippen LogP contribution in [0.15, 0.2) is 24.5 Å². The van der Waals surface area contributed by atoms with E-state index in [1.165, 1.54) is 6.33 Å². The molecule has 1 aromatic carbocycles. The second kappa shape index (κ2) is 3.19. The van der Waals surface area contributed by atoms with Crippen LogP contribution in [-0.4, -0.2) is 9.97 Å². The standard InChI is InChI=1S/C12H14N3/c1-12(2,3)9-6-4-5-8-10(9)14-7-15-11(8)13/h4-7H,1H2,2-3H3,(H2,13,14,15). The quantitative estimate of drug-likeness (QED) is 0.768. The van der Waals surface area contributed by atoms with Crippen LogP contribution in [0, 0.1) is 6.92 Å². The van der Waals surface area contributed by atoms with Gasteiger partial charge in [-0.15, -0.1) is 0 Å². The Morgan fingerprint density at radius 3 is 2.67 bits per heavy atom. The van der Waals surface area contributed by atoms with Gasteiger partial charge in [-0.2, -0.15) is 0 Å². The molecule has 15 heavy (non-hydrogen) atoms. The largest absolute Gasteiger partial charge is 0.383 e. The van der Waals surface area contributed by atoms with E-state index in [1.807, 2.05) is 18.2 Å². The van der Waals surface area contributed by atoms with E-state index in [0.717, 1.165) is 16.5 Å². The van der Waals surface area contributed by atoms with Gasteiger partial charge < -0.3 is 5.73 Å². The lowest BCUT2D eigenvalue weighted by Crippen LogP contribution is -2.13. The first kappa shape index (κ1) is 9.90. The van der Waals surface area contributed by atoms with Gasteiger partial charge in [0.15, 0.2) is 0 Å². The summed E-state index contributed by atoms with van der Waals surface area (Å²) in [6, 6.07) is 5.92. The summed E-state index contributed by atoms with van der Waals surface area (Å²) >= 11 is 0. The minimum atomic E-state index is -0.180. The first-order valence-corrected chi connectivity index (χ1v) is 4.85. The lowest BCUT2D eigenvalue weighted by atomic mass is 9.85. The fraction of sp³-hybridized carbons (Fsp3) is 0.250. The SMILES string of the molecule is [CH2]C(C)(C)c1cccc2c(N)ncnc12. The number of rotatable bonds is 1. The second-order valence-electron chi connectivity index (χ2n) is 4.34. The van der Waals surface area contributed by atoms with Crippen molar-refractivity contribution in [2.24, 2.45) is 0 Å². The number of aromatic nitrogens is 2. The number of anilines is 1. The number of para-hydroxylation sites is 1. The molecule has 0 atom stereocenters. The number of nitrogens with zero attached hydrogens (tertiary/aromatic N) is 2. The average molecular weight is 200 g/mol. The minimum absolute atomic E-state index is 0.180. The van der Waals surface area contributed by atoms with Crippen LogP contribution in [0.4, 0.5) is 5.82 Å². The fourth-order valence-electron chi connectivity index (χ4n) is 1.65. The number of hydrogen-bond donors (Lipinski definition) is 1. The zero-order valence-corrected chi connectivity index (χ0v) is 8.99. The predicted molar refractivity (Wildman–Crippen MR) is 62.3 cm³/mol. The summed E-state index contributed by atoms with van der Waals surface area (Å²) in [6.07, 6.45) is 1.49. The van der Waals surface area contributed by atoms with Crippen molar-refractivity contribution in [3.63, 3.8) is 0 Å². The first-order valence-electron chi connectivity index (χ1n) is 4.85. The molecule has 0 saturated heterocycles. The zero-order chi connectivity index (χ0) is 11.1. The normalized spacial score (nSPS) is 11.9. The third-order valence-corrected chi connectivity index (χ3v) is 2.42. The van der Waals surface area contributed by atoms with Crippen molar-refractivity contribution in [3.05, 3.63) is 37.0 Å². The molecule has 0 aliphatic carbocycles.